The van der Waals surface area contributed by atoms with E-state index in [4.69, 9.17) is 10.5 Å². The molecule has 5 nitrogen and oxygen atoms in total. The Kier molecular flexibility index (Phi) is 3.58. The minimum atomic E-state index is -0.109. The molecule has 6 heteroatoms. The smallest absolute Gasteiger partial charge is 0.263 e. The Labute approximate surface area is 121 Å². The molecule has 1 aliphatic heterocycles. The second-order valence-corrected chi connectivity index (χ2v) is 6.10. The number of anilines is 1. The van der Waals surface area contributed by atoms with Gasteiger partial charge >= 0.3 is 0 Å². The SMILES string of the molecule is CC1OCCC1CNC(=O)c1sc2cnccc2c1N. The molecule has 2 aromatic rings. The average molecular weight is 291 g/mol. The number of nitrogens with two attached hydrogens (primary N) is 1. The maximum Gasteiger partial charge on any atom is 0.263 e. The van der Waals surface area contributed by atoms with Gasteiger partial charge in [0.25, 0.3) is 5.91 Å². The number of carbonyl (C=O) groups is 1. The number of carbonyl (C=O) groups excluding carboxylic acids is 1. The summed E-state index contributed by atoms with van der Waals surface area (Å²) >= 11 is 1.38. The van der Waals surface area contributed by atoms with E-state index in [2.05, 4.69) is 10.3 Å². The van der Waals surface area contributed by atoms with Gasteiger partial charge in [-0.05, 0) is 19.4 Å². The zero-order valence-electron chi connectivity index (χ0n) is 11.3. The quantitative estimate of drug-likeness (QED) is 0.907. The third-order valence-electron chi connectivity index (χ3n) is 3.80. The summed E-state index contributed by atoms with van der Waals surface area (Å²) in [5.74, 6) is 0.277. The van der Waals surface area contributed by atoms with Crippen LogP contribution in [0.2, 0.25) is 0 Å². The van der Waals surface area contributed by atoms with Crippen molar-refractivity contribution in [3.05, 3.63) is 23.3 Å². The number of nitrogens with zero attached hydrogens (tertiary/aromatic N) is 1. The molecule has 3 rings (SSSR count). The molecular weight excluding hydrogens is 274 g/mol. The molecule has 0 bridgehead atoms. The Morgan fingerprint density at radius 3 is 3.20 bits per heavy atom. The van der Waals surface area contributed by atoms with E-state index in [0.717, 1.165) is 23.1 Å². The van der Waals surface area contributed by atoms with Crippen molar-refractivity contribution in [2.75, 3.05) is 18.9 Å². The summed E-state index contributed by atoms with van der Waals surface area (Å²) in [6.07, 6.45) is 4.62. The van der Waals surface area contributed by atoms with Gasteiger partial charge in [0.2, 0.25) is 0 Å². The van der Waals surface area contributed by atoms with Gasteiger partial charge in [-0.15, -0.1) is 11.3 Å². The first-order valence-electron chi connectivity index (χ1n) is 6.68. The van der Waals surface area contributed by atoms with Crippen LogP contribution in [-0.4, -0.2) is 30.1 Å². The molecule has 0 aliphatic carbocycles. The van der Waals surface area contributed by atoms with Crippen molar-refractivity contribution in [2.45, 2.75) is 19.4 Å². The van der Waals surface area contributed by atoms with Crippen LogP contribution >= 0.6 is 11.3 Å². The second kappa shape index (κ2) is 5.38. The van der Waals surface area contributed by atoms with Crippen molar-refractivity contribution in [3.8, 4) is 0 Å². The van der Waals surface area contributed by atoms with E-state index in [1.807, 2.05) is 13.0 Å². The Bertz CT molecular complexity index is 640. The molecule has 3 heterocycles. The number of nitrogens with one attached hydrogen (secondary N) is 1. The molecule has 1 aliphatic rings. The minimum absolute atomic E-state index is 0.109. The van der Waals surface area contributed by atoms with Crippen LogP contribution in [0.4, 0.5) is 5.69 Å². The van der Waals surface area contributed by atoms with E-state index in [1.165, 1.54) is 11.3 Å². The lowest BCUT2D eigenvalue weighted by Crippen LogP contribution is -2.31. The fourth-order valence-electron chi connectivity index (χ4n) is 2.49. The minimum Gasteiger partial charge on any atom is -0.397 e. The van der Waals surface area contributed by atoms with Gasteiger partial charge in [0.05, 0.1) is 16.5 Å². The molecule has 106 valence electrons. The number of aromatic nitrogens is 1. The summed E-state index contributed by atoms with van der Waals surface area (Å²) in [4.78, 5) is 16.9. The highest BCUT2D eigenvalue weighted by atomic mass is 32.1. The van der Waals surface area contributed by atoms with Crippen molar-refractivity contribution in [1.82, 2.24) is 10.3 Å². The maximum absolute atomic E-state index is 12.3. The molecule has 20 heavy (non-hydrogen) atoms. The van der Waals surface area contributed by atoms with Crippen LogP contribution in [0, 0.1) is 5.92 Å². The summed E-state index contributed by atoms with van der Waals surface area (Å²) < 4.78 is 6.43. The molecule has 2 aromatic heterocycles. The summed E-state index contributed by atoms with van der Waals surface area (Å²) in [6, 6.07) is 1.84. The molecule has 0 spiro atoms. The van der Waals surface area contributed by atoms with Crippen LogP contribution in [0.15, 0.2) is 18.5 Å². The first-order valence-corrected chi connectivity index (χ1v) is 7.50. The van der Waals surface area contributed by atoms with E-state index in [0.29, 0.717) is 23.0 Å². The van der Waals surface area contributed by atoms with Crippen LogP contribution < -0.4 is 11.1 Å². The number of amides is 1. The van der Waals surface area contributed by atoms with Crippen LogP contribution in [0.1, 0.15) is 23.0 Å². The number of thiophene rings is 1. The molecule has 1 saturated heterocycles. The topological polar surface area (TPSA) is 77.2 Å². The van der Waals surface area contributed by atoms with E-state index in [9.17, 15) is 4.79 Å². The zero-order chi connectivity index (χ0) is 14.1. The molecular formula is C14H17N3O2S. The predicted octanol–water partition coefficient (Wildman–Crippen LogP) is 2.03. The van der Waals surface area contributed by atoms with E-state index >= 15 is 0 Å². The number of fused-ring (bicyclic) bond motifs is 1. The number of rotatable bonds is 3. The number of hydrogen-bond donors (Lipinski definition) is 2. The fraction of sp³-hybridized carbons (Fsp3) is 0.429. The molecule has 0 aromatic carbocycles. The normalized spacial score (nSPS) is 22.2. The van der Waals surface area contributed by atoms with Gasteiger partial charge in [-0.3, -0.25) is 9.78 Å². The van der Waals surface area contributed by atoms with E-state index in [1.54, 1.807) is 12.4 Å². The number of hydrogen-bond acceptors (Lipinski definition) is 5. The van der Waals surface area contributed by atoms with Crippen molar-refractivity contribution >= 4 is 33.0 Å². The number of ether oxygens (including phenoxy) is 1. The van der Waals surface area contributed by atoms with Crippen molar-refractivity contribution in [1.29, 1.82) is 0 Å². The Morgan fingerprint density at radius 1 is 1.65 bits per heavy atom. The fourth-order valence-corrected chi connectivity index (χ4v) is 3.49. The molecule has 2 atom stereocenters. The average Bonchev–Trinajstić information content (AvgIpc) is 3.01. The van der Waals surface area contributed by atoms with Gasteiger partial charge in [-0.2, -0.15) is 0 Å². The molecule has 0 saturated carbocycles. The third kappa shape index (κ3) is 2.36. The second-order valence-electron chi connectivity index (χ2n) is 5.05. The molecule has 2 unspecified atom stereocenters. The van der Waals surface area contributed by atoms with Gasteiger partial charge in [0.15, 0.2) is 0 Å². The van der Waals surface area contributed by atoms with Gasteiger partial charge in [-0.1, -0.05) is 0 Å². The lowest BCUT2D eigenvalue weighted by Gasteiger charge is -2.14. The van der Waals surface area contributed by atoms with E-state index < -0.39 is 0 Å². The van der Waals surface area contributed by atoms with Crippen LogP contribution in [0.5, 0.6) is 0 Å². The Morgan fingerprint density at radius 2 is 2.50 bits per heavy atom. The van der Waals surface area contributed by atoms with Crippen molar-refractivity contribution in [2.24, 2.45) is 5.92 Å². The molecule has 1 fully saturated rings. The number of nitrogen functional groups attached to an aromatic ring is 1. The summed E-state index contributed by atoms with van der Waals surface area (Å²) in [5.41, 5.74) is 6.59. The summed E-state index contributed by atoms with van der Waals surface area (Å²) in [5, 5.41) is 3.86. The van der Waals surface area contributed by atoms with Crippen molar-refractivity contribution < 1.29 is 9.53 Å². The van der Waals surface area contributed by atoms with Crippen LogP contribution in [0.25, 0.3) is 10.1 Å². The molecule has 0 radical (unpaired) electrons. The predicted molar refractivity (Wildman–Crippen MR) is 79.9 cm³/mol. The standard InChI is InChI=1S/C14H17N3O2S/c1-8-9(3-5-19-8)6-17-14(18)13-12(15)10-2-4-16-7-11(10)20-13/h2,4,7-9H,3,5-6,15H2,1H3,(H,17,18). The lowest BCUT2D eigenvalue weighted by atomic mass is 10.0. The van der Waals surface area contributed by atoms with Crippen LogP contribution in [0.3, 0.4) is 0 Å². The Balaban J connectivity index is 1.74. The molecule has 3 N–H and O–H groups in total. The lowest BCUT2D eigenvalue weighted by molar-refractivity contribution is 0.0911. The largest absolute Gasteiger partial charge is 0.397 e. The van der Waals surface area contributed by atoms with E-state index in [-0.39, 0.29) is 12.0 Å². The molecule has 1 amide bonds. The highest BCUT2D eigenvalue weighted by Crippen LogP contribution is 2.32. The zero-order valence-corrected chi connectivity index (χ0v) is 12.1. The number of pyridine rings is 1. The highest BCUT2D eigenvalue weighted by molar-refractivity contribution is 7.21. The summed E-state index contributed by atoms with van der Waals surface area (Å²) in [6.45, 7) is 3.45. The van der Waals surface area contributed by atoms with Crippen LogP contribution in [-0.2, 0) is 4.74 Å². The summed E-state index contributed by atoms with van der Waals surface area (Å²) in [7, 11) is 0. The first kappa shape index (κ1) is 13.3. The Hall–Kier alpha value is -1.66. The monoisotopic (exact) mass is 291 g/mol. The first-order chi connectivity index (χ1) is 9.66. The van der Waals surface area contributed by atoms with Gasteiger partial charge in [-0.25, -0.2) is 0 Å². The third-order valence-corrected chi connectivity index (χ3v) is 4.95. The van der Waals surface area contributed by atoms with Gasteiger partial charge < -0.3 is 15.8 Å². The van der Waals surface area contributed by atoms with Gasteiger partial charge in [0, 0.05) is 36.8 Å². The van der Waals surface area contributed by atoms with Gasteiger partial charge in [0.1, 0.15) is 4.88 Å². The maximum atomic E-state index is 12.3. The van der Waals surface area contributed by atoms with Crippen molar-refractivity contribution in [3.63, 3.8) is 0 Å². The highest BCUT2D eigenvalue weighted by Gasteiger charge is 2.25.